The Kier molecular flexibility index (Phi) is 7.01. The molecular formula is C9H17NO3. The molecule has 0 saturated carbocycles. The lowest BCUT2D eigenvalue weighted by Gasteiger charge is -2.09. The molecule has 0 aromatic carbocycles. The fraction of sp³-hybridized carbons (Fsp3) is 0.667. The van der Waals surface area contributed by atoms with Crippen molar-refractivity contribution in [1.82, 2.24) is 5.32 Å². The highest BCUT2D eigenvalue weighted by Crippen LogP contribution is 1.94. The second-order valence-electron chi connectivity index (χ2n) is 2.79. The molecule has 0 amide bonds. The van der Waals surface area contributed by atoms with Gasteiger partial charge in [-0.1, -0.05) is 0 Å². The number of aliphatic hydroxyl groups excluding tert-OH is 1. The van der Waals surface area contributed by atoms with Crippen LogP contribution < -0.4 is 5.32 Å². The minimum Gasteiger partial charge on any atom is -0.466 e. The summed E-state index contributed by atoms with van der Waals surface area (Å²) >= 11 is 0. The number of carbonyl (C=O) groups excluding carboxylic acids is 1. The molecule has 0 aliphatic heterocycles. The van der Waals surface area contributed by atoms with Crippen molar-refractivity contribution in [3.63, 3.8) is 0 Å². The van der Waals surface area contributed by atoms with Crippen LogP contribution in [0.15, 0.2) is 12.3 Å². The average molecular weight is 187 g/mol. The number of ether oxygens (including phenoxy) is 1. The van der Waals surface area contributed by atoms with Gasteiger partial charge in [-0.25, -0.2) is 4.79 Å². The van der Waals surface area contributed by atoms with Crippen LogP contribution in [-0.2, 0) is 9.53 Å². The van der Waals surface area contributed by atoms with Gasteiger partial charge < -0.3 is 15.2 Å². The predicted octanol–water partition coefficient (Wildman–Crippen LogP) is 0.424. The Balaban J connectivity index is 3.50. The van der Waals surface area contributed by atoms with Crippen molar-refractivity contribution in [2.24, 2.45) is 0 Å². The van der Waals surface area contributed by atoms with Crippen molar-refractivity contribution in [1.29, 1.82) is 0 Å². The molecule has 1 atom stereocenters. The van der Waals surface area contributed by atoms with Crippen LogP contribution in [0.25, 0.3) is 0 Å². The summed E-state index contributed by atoms with van der Waals surface area (Å²) in [6.45, 7) is 2.18. The molecule has 76 valence electrons. The highest BCUT2D eigenvalue weighted by Gasteiger charge is 1.97. The van der Waals surface area contributed by atoms with Gasteiger partial charge in [-0.2, -0.15) is 0 Å². The van der Waals surface area contributed by atoms with E-state index < -0.39 is 0 Å². The van der Waals surface area contributed by atoms with Crippen LogP contribution in [0.1, 0.15) is 19.8 Å². The molecule has 2 N–H and O–H groups in total. The quantitative estimate of drug-likeness (QED) is 0.467. The van der Waals surface area contributed by atoms with Gasteiger partial charge in [0.25, 0.3) is 0 Å². The van der Waals surface area contributed by atoms with E-state index in [0.717, 1.165) is 12.8 Å². The number of methoxy groups -OCH3 is 1. The van der Waals surface area contributed by atoms with Gasteiger partial charge in [-0.05, 0) is 19.8 Å². The number of esters is 1. The third kappa shape index (κ3) is 7.33. The maximum Gasteiger partial charge on any atom is 0.331 e. The maximum atomic E-state index is 10.6. The fourth-order valence-corrected chi connectivity index (χ4v) is 0.829. The van der Waals surface area contributed by atoms with Crippen LogP contribution in [0.3, 0.4) is 0 Å². The minimum absolute atomic E-state index is 0.201. The van der Waals surface area contributed by atoms with E-state index in [1.165, 1.54) is 13.2 Å². The number of rotatable bonds is 6. The van der Waals surface area contributed by atoms with Gasteiger partial charge >= 0.3 is 5.97 Å². The Bertz CT molecular complexity index is 168. The van der Waals surface area contributed by atoms with E-state index in [2.05, 4.69) is 10.1 Å². The zero-order chi connectivity index (χ0) is 10.1. The molecule has 4 nitrogen and oxygen atoms in total. The molecule has 0 saturated heterocycles. The predicted molar refractivity (Wildman–Crippen MR) is 50.1 cm³/mol. The van der Waals surface area contributed by atoms with Gasteiger partial charge in [-0.3, -0.25) is 0 Å². The summed E-state index contributed by atoms with van der Waals surface area (Å²) in [5, 5.41) is 11.5. The van der Waals surface area contributed by atoms with Gasteiger partial charge in [0.1, 0.15) is 0 Å². The second-order valence-corrected chi connectivity index (χ2v) is 2.79. The van der Waals surface area contributed by atoms with Gasteiger partial charge in [0.2, 0.25) is 0 Å². The highest BCUT2D eigenvalue weighted by atomic mass is 16.5. The highest BCUT2D eigenvalue weighted by molar-refractivity contribution is 5.81. The summed E-state index contributed by atoms with van der Waals surface area (Å²) in [5.74, 6) is -0.373. The van der Waals surface area contributed by atoms with E-state index in [9.17, 15) is 4.79 Å². The minimum atomic E-state index is -0.373. The van der Waals surface area contributed by atoms with Crippen LogP contribution in [-0.4, -0.2) is 30.8 Å². The maximum absolute atomic E-state index is 10.6. The number of aliphatic hydroxyl groups is 1. The molecule has 0 aromatic heterocycles. The molecule has 0 fully saturated rings. The van der Waals surface area contributed by atoms with E-state index in [1.807, 2.05) is 6.92 Å². The first-order valence-electron chi connectivity index (χ1n) is 4.32. The molecule has 4 heteroatoms. The average Bonchev–Trinajstić information content (AvgIpc) is 2.14. The molecule has 0 bridgehead atoms. The molecule has 0 rings (SSSR count). The number of hydrogen-bond donors (Lipinski definition) is 2. The first-order valence-corrected chi connectivity index (χ1v) is 4.32. The van der Waals surface area contributed by atoms with E-state index in [4.69, 9.17) is 5.11 Å². The molecule has 0 spiro atoms. The Morgan fingerprint density at radius 1 is 1.69 bits per heavy atom. The molecule has 0 aliphatic carbocycles. The second kappa shape index (κ2) is 7.61. The molecule has 0 aliphatic rings. The molecule has 0 radical (unpaired) electrons. The Labute approximate surface area is 78.6 Å². The molecule has 1 unspecified atom stereocenters. The SMILES string of the molecule is COC(=O)/C=C/NC(C)CCCO. The van der Waals surface area contributed by atoms with Crippen molar-refractivity contribution in [2.75, 3.05) is 13.7 Å². The van der Waals surface area contributed by atoms with Gasteiger partial charge in [-0.15, -0.1) is 0 Å². The van der Waals surface area contributed by atoms with Crippen LogP contribution >= 0.6 is 0 Å². The summed E-state index contributed by atoms with van der Waals surface area (Å²) in [4.78, 5) is 10.6. The third-order valence-corrected chi connectivity index (χ3v) is 1.60. The van der Waals surface area contributed by atoms with E-state index in [1.54, 1.807) is 6.20 Å². The van der Waals surface area contributed by atoms with E-state index in [0.29, 0.717) is 0 Å². The van der Waals surface area contributed by atoms with Crippen molar-refractivity contribution in [2.45, 2.75) is 25.8 Å². The van der Waals surface area contributed by atoms with Gasteiger partial charge in [0.05, 0.1) is 7.11 Å². The first-order chi connectivity index (χ1) is 6.20. The number of hydrogen-bond acceptors (Lipinski definition) is 4. The number of carbonyl (C=O) groups is 1. The standard InChI is InChI=1S/C9H17NO3/c1-8(4-3-7-11)10-6-5-9(12)13-2/h5-6,8,10-11H,3-4,7H2,1-2H3/b6-5+. The fourth-order valence-electron chi connectivity index (χ4n) is 0.829. The molecule has 13 heavy (non-hydrogen) atoms. The summed E-state index contributed by atoms with van der Waals surface area (Å²) in [6, 6.07) is 0.257. The van der Waals surface area contributed by atoms with Crippen LogP contribution in [0.4, 0.5) is 0 Å². The lowest BCUT2D eigenvalue weighted by molar-refractivity contribution is -0.134. The van der Waals surface area contributed by atoms with Crippen LogP contribution in [0.2, 0.25) is 0 Å². The summed E-state index contributed by atoms with van der Waals surface area (Å²) in [5.41, 5.74) is 0. The zero-order valence-electron chi connectivity index (χ0n) is 8.12. The Morgan fingerprint density at radius 3 is 2.92 bits per heavy atom. The first kappa shape index (κ1) is 12.0. The van der Waals surface area contributed by atoms with Crippen molar-refractivity contribution >= 4 is 5.97 Å². The third-order valence-electron chi connectivity index (χ3n) is 1.60. The van der Waals surface area contributed by atoms with Gasteiger partial charge in [0, 0.05) is 24.9 Å². The summed E-state index contributed by atoms with van der Waals surface area (Å²) < 4.78 is 4.41. The van der Waals surface area contributed by atoms with E-state index >= 15 is 0 Å². The van der Waals surface area contributed by atoms with Crippen LogP contribution in [0, 0.1) is 0 Å². The van der Waals surface area contributed by atoms with Crippen LogP contribution in [0.5, 0.6) is 0 Å². The topological polar surface area (TPSA) is 58.6 Å². The zero-order valence-corrected chi connectivity index (χ0v) is 8.12. The van der Waals surface area contributed by atoms with Crippen molar-refractivity contribution in [3.05, 3.63) is 12.3 Å². The summed E-state index contributed by atoms with van der Waals surface area (Å²) in [7, 11) is 1.34. The summed E-state index contributed by atoms with van der Waals surface area (Å²) in [6.07, 6.45) is 4.53. The lowest BCUT2D eigenvalue weighted by atomic mass is 10.2. The number of nitrogens with one attached hydrogen (secondary N) is 1. The lowest BCUT2D eigenvalue weighted by Crippen LogP contribution is -2.20. The van der Waals surface area contributed by atoms with Gasteiger partial charge in [0.15, 0.2) is 0 Å². The largest absolute Gasteiger partial charge is 0.466 e. The molecular weight excluding hydrogens is 170 g/mol. The van der Waals surface area contributed by atoms with Crippen molar-refractivity contribution in [3.8, 4) is 0 Å². The molecule has 0 heterocycles. The van der Waals surface area contributed by atoms with E-state index in [-0.39, 0.29) is 18.6 Å². The Hall–Kier alpha value is -1.03. The van der Waals surface area contributed by atoms with Crippen molar-refractivity contribution < 1.29 is 14.6 Å². The Morgan fingerprint density at radius 2 is 2.38 bits per heavy atom. The normalized spacial score (nSPS) is 12.8. The smallest absolute Gasteiger partial charge is 0.331 e. The molecule has 0 aromatic rings. The monoisotopic (exact) mass is 187 g/mol.